The fraction of sp³-hybridized carbons (Fsp3) is 0.286. The monoisotopic (exact) mass is 293 g/mol. The number of imidazole rings is 1. The number of aromatic nitrogens is 2. The summed E-state index contributed by atoms with van der Waals surface area (Å²) in [6, 6.07) is 4.35. The Hall–Kier alpha value is -1.88. The molecule has 1 aliphatic rings. The van der Waals surface area contributed by atoms with Crippen LogP contribution in [0, 0.1) is 5.82 Å². The lowest BCUT2D eigenvalue weighted by Gasteiger charge is -2.15. The van der Waals surface area contributed by atoms with Gasteiger partial charge in [0.05, 0.1) is 11.6 Å². The van der Waals surface area contributed by atoms with Gasteiger partial charge in [-0.3, -0.25) is 4.79 Å². The first kappa shape index (κ1) is 13.1. The van der Waals surface area contributed by atoms with Crippen LogP contribution in [0.4, 0.5) is 4.39 Å². The molecule has 1 aromatic heterocycles. The molecule has 2 aromatic rings. The zero-order valence-electron chi connectivity index (χ0n) is 10.9. The molecule has 1 saturated heterocycles. The van der Waals surface area contributed by atoms with Crippen LogP contribution in [0.2, 0.25) is 5.02 Å². The molecule has 1 fully saturated rings. The summed E-state index contributed by atoms with van der Waals surface area (Å²) < 4.78 is 15.8. The third-order valence-electron chi connectivity index (χ3n) is 3.55. The van der Waals surface area contributed by atoms with Gasteiger partial charge in [-0.1, -0.05) is 11.6 Å². The summed E-state index contributed by atoms with van der Waals surface area (Å²) in [6.07, 6.45) is 3.79. The molecule has 0 N–H and O–H groups in total. The van der Waals surface area contributed by atoms with Gasteiger partial charge < -0.3 is 9.47 Å². The maximum atomic E-state index is 14.0. The molecule has 3 rings (SSSR count). The normalized spacial score (nSPS) is 18.9. The first-order chi connectivity index (χ1) is 9.56. The highest BCUT2D eigenvalue weighted by molar-refractivity contribution is 6.30. The van der Waals surface area contributed by atoms with Gasteiger partial charge in [0.2, 0.25) is 5.91 Å². The van der Waals surface area contributed by atoms with Crippen molar-refractivity contribution in [1.29, 1.82) is 0 Å². The van der Waals surface area contributed by atoms with Gasteiger partial charge in [0, 0.05) is 37.4 Å². The highest BCUT2D eigenvalue weighted by atomic mass is 35.5. The average molecular weight is 294 g/mol. The molecule has 1 atom stereocenters. The Kier molecular flexibility index (Phi) is 3.22. The number of amides is 1. The van der Waals surface area contributed by atoms with Crippen molar-refractivity contribution in [1.82, 2.24) is 14.5 Å². The van der Waals surface area contributed by atoms with E-state index < -0.39 is 0 Å². The molecule has 1 aromatic carbocycles. The van der Waals surface area contributed by atoms with E-state index in [9.17, 15) is 9.18 Å². The van der Waals surface area contributed by atoms with Crippen molar-refractivity contribution in [2.24, 2.45) is 0 Å². The molecule has 6 heteroatoms. The summed E-state index contributed by atoms with van der Waals surface area (Å²) in [4.78, 5) is 17.5. The molecule has 104 valence electrons. The molecule has 4 nitrogen and oxygen atoms in total. The Balaban J connectivity index is 2.02. The average Bonchev–Trinajstić information content (AvgIpc) is 3.00. The second-order valence-electron chi connectivity index (χ2n) is 4.91. The van der Waals surface area contributed by atoms with Gasteiger partial charge in [0.25, 0.3) is 0 Å². The van der Waals surface area contributed by atoms with Crippen LogP contribution in [0.3, 0.4) is 0 Å². The molecule has 2 heterocycles. The largest absolute Gasteiger partial charge is 0.344 e. The Morgan fingerprint density at radius 2 is 2.25 bits per heavy atom. The van der Waals surface area contributed by atoms with E-state index in [-0.39, 0.29) is 17.8 Å². The molecule has 20 heavy (non-hydrogen) atoms. The van der Waals surface area contributed by atoms with Crippen LogP contribution in [-0.2, 0) is 4.79 Å². The van der Waals surface area contributed by atoms with E-state index >= 15 is 0 Å². The van der Waals surface area contributed by atoms with Gasteiger partial charge in [0.1, 0.15) is 11.6 Å². The summed E-state index contributed by atoms with van der Waals surface area (Å²) in [6.45, 7) is 0.602. The summed E-state index contributed by atoms with van der Waals surface area (Å²) in [5.41, 5.74) is 0.351. The van der Waals surface area contributed by atoms with E-state index in [4.69, 9.17) is 11.6 Å². The number of hydrogen-bond donors (Lipinski definition) is 0. The number of benzene rings is 1. The van der Waals surface area contributed by atoms with Crippen molar-refractivity contribution in [3.63, 3.8) is 0 Å². The van der Waals surface area contributed by atoms with E-state index in [1.165, 1.54) is 12.1 Å². The van der Waals surface area contributed by atoms with Crippen LogP contribution in [0.25, 0.3) is 11.4 Å². The SMILES string of the molecule is CN1CC(n2ccnc2-c2cc(Cl)ccc2F)CC1=O. The lowest BCUT2D eigenvalue weighted by molar-refractivity contribution is -0.126. The van der Waals surface area contributed by atoms with Crippen molar-refractivity contribution in [2.75, 3.05) is 13.6 Å². The minimum atomic E-state index is -0.375. The number of carbonyl (C=O) groups is 1. The molecule has 0 bridgehead atoms. The third-order valence-corrected chi connectivity index (χ3v) is 3.79. The van der Waals surface area contributed by atoms with E-state index in [0.717, 1.165) is 0 Å². The van der Waals surface area contributed by atoms with Crippen LogP contribution in [-0.4, -0.2) is 34.0 Å². The zero-order chi connectivity index (χ0) is 14.3. The van der Waals surface area contributed by atoms with Crippen molar-refractivity contribution >= 4 is 17.5 Å². The molecular formula is C14H13ClFN3O. The van der Waals surface area contributed by atoms with Crippen molar-refractivity contribution in [2.45, 2.75) is 12.5 Å². The molecule has 0 radical (unpaired) electrons. The number of hydrogen-bond acceptors (Lipinski definition) is 2. The van der Waals surface area contributed by atoms with Gasteiger partial charge in [0.15, 0.2) is 0 Å². The lowest BCUT2D eigenvalue weighted by Crippen LogP contribution is -2.19. The van der Waals surface area contributed by atoms with Crippen LogP contribution >= 0.6 is 11.6 Å². The molecule has 0 spiro atoms. The number of carbonyl (C=O) groups excluding carboxylic acids is 1. The van der Waals surface area contributed by atoms with Gasteiger partial charge in [-0.15, -0.1) is 0 Å². The maximum absolute atomic E-state index is 14.0. The fourth-order valence-electron chi connectivity index (χ4n) is 2.51. The lowest BCUT2D eigenvalue weighted by atomic mass is 10.1. The summed E-state index contributed by atoms with van der Waals surface area (Å²) in [5, 5.41) is 0.454. The minimum Gasteiger partial charge on any atom is -0.344 e. The van der Waals surface area contributed by atoms with Crippen molar-refractivity contribution < 1.29 is 9.18 Å². The van der Waals surface area contributed by atoms with E-state index in [2.05, 4.69) is 4.98 Å². The first-order valence-electron chi connectivity index (χ1n) is 6.28. The van der Waals surface area contributed by atoms with Gasteiger partial charge in [-0.25, -0.2) is 9.37 Å². The van der Waals surface area contributed by atoms with Gasteiger partial charge >= 0.3 is 0 Å². The minimum absolute atomic E-state index is 0.0246. The Morgan fingerprint density at radius 1 is 1.45 bits per heavy atom. The third kappa shape index (κ3) is 2.18. The number of likely N-dealkylation sites (N-methyl/N-ethyl adjacent to an activating group) is 1. The summed E-state index contributed by atoms with van der Waals surface area (Å²) >= 11 is 5.93. The first-order valence-corrected chi connectivity index (χ1v) is 6.66. The second-order valence-corrected chi connectivity index (χ2v) is 5.35. The number of rotatable bonds is 2. The van der Waals surface area contributed by atoms with E-state index in [1.807, 2.05) is 4.57 Å². The van der Waals surface area contributed by atoms with Crippen LogP contribution in [0.1, 0.15) is 12.5 Å². The molecule has 0 saturated carbocycles. The zero-order valence-corrected chi connectivity index (χ0v) is 11.6. The van der Waals surface area contributed by atoms with E-state index in [1.54, 1.807) is 30.4 Å². The molecule has 1 unspecified atom stereocenters. The van der Waals surface area contributed by atoms with E-state index in [0.29, 0.717) is 29.4 Å². The molecule has 1 amide bonds. The fourth-order valence-corrected chi connectivity index (χ4v) is 2.68. The summed E-state index contributed by atoms with van der Waals surface area (Å²) in [5.74, 6) is 0.207. The molecule has 0 aliphatic carbocycles. The molecular weight excluding hydrogens is 281 g/mol. The van der Waals surface area contributed by atoms with Crippen LogP contribution < -0.4 is 0 Å². The number of halogens is 2. The van der Waals surface area contributed by atoms with Crippen molar-refractivity contribution in [3.8, 4) is 11.4 Å². The van der Waals surface area contributed by atoms with Crippen LogP contribution in [0.15, 0.2) is 30.6 Å². The maximum Gasteiger partial charge on any atom is 0.224 e. The summed E-state index contributed by atoms with van der Waals surface area (Å²) in [7, 11) is 1.76. The standard InChI is InChI=1S/C14H13ClFN3O/c1-18-8-10(7-13(18)20)19-5-4-17-14(19)11-6-9(15)2-3-12(11)16/h2-6,10H,7-8H2,1H3. The Morgan fingerprint density at radius 3 is 2.95 bits per heavy atom. The number of nitrogens with zero attached hydrogens (tertiary/aromatic N) is 3. The number of likely N-dealkylation sites (tertiary alicyclic amines) is 1. The van der Waals surface area contributed by atoms with Gasteiger partial charge in [-0.05, 0) is 18.2 Å². The molecule has 1 aliphatic heterocycles. The Labute approximate surface area is 120 Å². The predicted octanol–water partition coefficient (Wildman–Crippen LogP) is 2.75. The Bertz CT molecular complexity index is 670. The smallest absolute Gasteiger partial charge is 0.224 e. The topological polar surface area (TPSA) is 38.1 Å². The van der Waals surface area contributed by atoms with Gasteiger partial charge in [-0.2, -0.15) is 0 Å². The quantitative estimate of drug-likeness (QED) is 0.854. The second kappa shape index (κ2) is 4.90. The predicted molar refractivity (Wildman–Crippen MR) is 73.9 cm³/mol. The van der Waals surface area contributed by atoms with Crippen molar-refractivity contribution in [3.05, 3.63) is 41.4 Å². The highest BCUT2D eigenvalue weighted by Crippen LogP contribution is 2.30. The highest BCUT2D eigenvalue weighted by Gasteiger charge is 2.29. The van der Waals surface area contributed by atoms with Crippen LogP contribution in [0.5, 0.6) is 0 Å².